The lowest BCUT2D eigenvalue weighted by Gasteiger charge is -2.02. The Balaban J connectivity index is 2.23. The van der Waals surface area contributed by atoms with E-state index in [-0.39, 0.29) is 12.6 Å². The molecule has 1 rings (SSSR count). The van der Waals surface area contributed by atoms with Gasteiger partial charge in [-0.2, -0.15) is 11.3 Å². The van der Waals surface area contributed by atoms with Gasteiger partial charge in [-0.15, -0.1) is 0 Å². The van der Waals surface area contributed by atoms with Gasteiger partial charge in [0.15, 0.2) is 0 Å². The van der Waals surface area contributed by atoms with Gasteiger partial charge in [-0.1, -0.05) is 6.58 Å². The van der Waals surface area contributed by atoms with Crippen LogP contribution in [-0.2, 0) is 9.47 Å². The summed E-state index contributed by atoms with van der Waals surface area (Å²) in [7, 11) is 0. The van der Waals surface area contributed by atoms with Gasteiger partial charge in [-0.05, 0) is 11.4 Å². The van der Waals surface area contributed by atoms with E-state index in [0.29, 0.717) is 12.2 Å². The molecular formula is C9H10O3S. The van der Waals surface area contributed by atoms with Gasteiger partial charge in [0.1, 0.15) is 13.2 Å². The Morgan fingerprint density at radius 3 is 3.08 bits per heavy atom. The summed E-state index contributed by atoms with van der Waals surface area (Å²) in [6.07, 6.45) is 1.32. The molecule has 13 heavy (non-hydrogen) atoms. The fourth-order valence-electron chi connectivity index (χ4n) is 0.730. The maximum absolute atomic E-state index is 11.2. The van der Waals surface area contributed by atoms with Crippen LogP contribution in [0.1, 0.15) is 10.4 Å². The highest BCUT2D eigenvalue weighted by molar-refractivity contribution is 7.08. The summed E-state index contributed by atoms with van der Waals surface area (Å²) in [6, 6.07) is 1.72. The van der Waals surface area contributed by atoms with Crippen molar-refractivity contribution in [3.63, 3.8) is 0 Å². The van der Waals surface area contributed by atoms with E-state index in [9.17, 15) is 4.79 Å². The monoisotopic (exact) mass is 198 g/mol. The number of carbonyl (C=O) groups is 1. The Hall–Kier alpha value is -1.29. The third-order valence-electron chi connectivity index (χ3n) is 1.31. The molecule has 0 radical (unpaired) electrons. The first-order valence-electron chi connectivity index (χ1n) is 3.76. The summed E-state index contributed by atoms with van der Waals surface area (Å²) in [5.74, 6) is -0.311. The first-order valence-corrected chi connectivity index (χ1v) is 4.70. The molecule has 0 aliphatic rings. The van der Waals surface area contributed by atoms with Crippen LogP contribution in [0, 0.1) is 0 Å². The van der Waals surface area contributed by atoms with Gasteiger partial charge in [0, 0.05) is 5.38 Å². The summed E-state index contributed by atoms with van der Waals surface area (Å²) in [5.41, 5.74) is 0.587. The molecule has 0 N–H and O–H groups in total. The van der Waals surface area contributed by atoms with Crippen molar-refractivity contribution in [2.24, 2.45) is 0 Å². The number of ether oxygens (including phenoxy) is 2. The predicted molar refractivity (Wildman–Crippen MR) is 50.8 cm³/mol. The smallest absolute Gasteiger partial charge is 0.339 e. The Bertz CT molecular complexity index is 266. The SMILES string of the molecule is C=COCCOC(=O)c1ccsc1. The maximum Gasteiger partial charge on any atom is 0.339 e. The highest BCUT2D eigenvalue weighted by Gasteiger charge is 2.05. The molecule has 0 atom stereocenters. The zero-order chi connectivity index (χ0) is 9.52. The van der Waals surface area contributed by atoms with Crippen molar-refractivity contribution in [1.29, 1.82) is 0 Å². The van der Waals surface area contributed by atoms with Crippen LogP contribution in [0.3, 0.4) is 0 Å². The molecule has 0 saturated heterocycles. The third-order valence-corrected chi connectivity index (χ3v) is 1.99. The Kier molecular flexibility index (Phi) is 4.05. The molecule has 1 aromatic rings. The zero-order valence-electron chi connectivity index (χ0n) is 7.06. The quantitative estimate of drug-likeness (QED) is 0.413. The molecule has 0 aliphatic heterocycles. The zero-order valence-corrected chi connectivity index (χ0v) is 7.88. The van der Waals surface area contributed by atoms with Crippen molar-refractivity contribution in [3.05, 3.63) is 35.2 Å². The molecule has 0 bridgehead atoms. The lowest BCUT2D eigenvalue weighted by Crippen LogP contribution is -2.08. The number of carbonyl (C=O) groups excluding carboxylic acids is 1. The highest BCUT2D eigenvalue weighted by Crippen LogP contribution is 2.06. The van der Waals surface area contributed by atoms with E-state index >= 15 is 0 Å². The van der Waals surface area contributed by atoms with E-state index in [0.717, 1.165) is 0 Å². The van der Waals surface area contributed by atoms with Gasteiger partial charge >= 0.3 is 5.97 Å². The first kappa shape index (κ1) is 9.80. The van der Waals surface area contributed by atoms with Crippen LogP contribution >= 0.6 is 11.3 Å². The van der Waals surface area contributed by atoms with Gasteiger partial charge < -0.3 is 9.47 Å². The number of hydrogen-bond acceptors (Lipinski definition) is 4. The molecule has 4 heteroatoms. The lowest BCUT2D eigenvalue weighted by atomic mass is 10.3. The summed E-state index contributed by atoms with van der Waals surface area (Å²) in [4.78, 5) is 11.2. The average molecular weight is 198 g/mol. The van der Waals surface area contributed by atoms with Crippen LogP contribution in [0.4, 0.5) is 0 Å². The molecule has 3 nitrogen and oxygen atoms in total. The lowest BCUT2D eigenvalue weighted by molar-refractivity contribution is 0.0421. The second kappa shape index (κ2) is 5.37. The fourth-order valence-corrected chi connectivity index (χ4v) is 1.35. The fraction of sp³-hybridized carbons (Fsp3) is 0.222. The minimum absolute atomic E-state index is 0.251. The summed E-state index contributed by atoms with van der Waals surface area (Å²) >= 11 is 1.46. The Morgan fingerprint density at radius 2 is 2.46 bits per heavy atom. The topological polar surface area (TPSA) is 35.5 Å². The molecule has 0 saturated carbocycles. The van der Waals surface area contributed by atoms with E-state index in [1.807, 2.05) is 5.38 Å². The van der Waals surface area contributed by atoms with Crippen molar-refractivity contribution >= 4 is 17.3 Å². The van der Waals surface area contributed by atoms with Crippen LogP contribution in [0.2, 0.25) is 0 Å². The summed E-state index contributed by atoms with van der Waals surface area (Å²) in [6.45, 7) is 3.96. The normalized spacial score (nSPS) is 9.23. The largest absolute Gasteiger partial charge is 0.498 e. The second-order valence-corrected chi connectivity index (χ2v) is 2.97. The third kappa shape index (κ3) is 3.29. The Morgan fingerprint density at radius 1 is 1.62 bits per heavy atom. The van der Waals surface area contributed by atoms with Crippen molar-refractivity contribution in [1.82, 2.24) is 0 Å². The molecule has 1 heterocycles. The van der Waals surface area contributed by atoms with Crippen molar-refractivity contribution in [2.45, 2.75) is 0 Å². The van der Waals surface area contributed by atoms with Crippen molar-refractivity contribution < 1.29 is 14.3 Å². The molecule has 1 aromatic heterocycles. The van der Waals surface area contributed by atoms with Crippen LogP contribution < -0.4 is 0 Å². The molecular weight excluding hydrogens is 188 g/mol. The minimum Gasteiger partial charge on any atom is -0.498 e. The van der Waals surface area contributed by atoms with Crippen molar-refractivity contribution in [3.8, 4) is 0 Å². The minimum atomic E-state index is -0.311. The molecule has 0 spiro atoms. The van der Waals surface area contributed by atoms with Gasteiger partial charge in [-0.25, -0.2) is 4.79 Å². The number of rotatable bonds is 5. The van der Waals surface area contributed by atoms with E-state index < -0.39 is 0 Å². The number of thiophene rings is 1. The molecule has 0 amide bonds. The number of hydrogen-bond donors (Lipinski definition) is 0. The summed E-state index contributed by atoms with van der Waals surface area (Å²) < 4.78 is 9.67. The van der Waals surface area contributed by atoms with Crippen LogP contribution in [0.15, 0.2) is 29.7 Å². The van der Waals surface area contributed by atoms with E-state index in [2.05, 4.69) is 6.58 Å². The molecule has 0 aliphatic carbocycles. The molecule has 0 aromatic carbocycles. The van der Waals surface area contributed by atoms with Gasteiger partial charge in [0.05, 0.1) is 11.8 Å². The van der Waals surface area contributed by atoms with E-state index in [1.165, 1.54) is 17.6 Å². The van der Waals surface area contributed by atoms with Crippen LogP contribution in [-0.4, -0.2) is 19.2 Å². The van der Waals surface area contributed by atoms with Crippen LogP contribution in [0.25, 0.3) is 0 Å². The maximum atomic E-state index is 11.2. The van der Waals surface area contributed by atoms with E-state index in [1.54, 1.807) is 11.4 Å². The first-order chi connectivity index (χ1) is 6.34. The van der Waals surface area contributed by atoms with E-state index in [4.69, 9.17) is 9.47 Å². The van der Waals surface area contributed by atoms with Gasteiger partial charge in [-0.3, -0.25) is 0 Å². The van der Waals surface area contributed by atoms with Crippen LogP contribution in [0.5, 0.6) is 0 Å². The highest BCUT2D eigenvalue weighted by atomic mass is 32.1. The standard InChI is InChI=1S/C9H10O3S/c1-2-11-4-5-12-9(10)8-3-6-13-7-8/h2-3,6-7H,1,4-5H2. The van der Waals surface area contributed by atoms with Gasteiger partial charge in [0.2, 0.25) is 0 Å². The van der Waals surface area contributed by atoms with Gasteiger partial charge in [0.25, 0.3) is 0 Å². The molecule has 0 unspecified atom stereocenters. The average Bonchev–Trinajstić information content (AvgIpc) is 2.65. The predicted octanol–water partition coefficient (Wildman–Crippen LogP) is 2.06. The second-order valence-electron chi connectivity index (χ2n) is 2.19. The number of esters is 1. The molecule has 70 valence electrons. The molecule has 0 fully saturated rings. The summed E-state index contributed by atoms with van der Waals surface area (Å²) in [5, 5.41) is 3.58. The Labute approximate surface area is 80.6 Å². The van der Waals surface area contributed by atoms with Crippen molar-refractivity contribution in [2.75, 3.05) is 13.2 Å².